The monoisotopic (exact) mass is 399 g/mol. The van der Waals surface area contributed by atoms with Gasteiger partial charge in [0, 0.05) is 18.7 Å². The minimum Gasteiger partial charge on any atom is -0.334 e. The zero-order valence-electron chi connectivity index (χ0n) is 15.7. The fourth-order valence-corrected chi connectivity index (χ4v) is 3.43. The fraction of sp³-hybridized carbons (Fsp3) is 0.316. The first-order chi connectivity index (χ1) is 13.5. The van der Waals surface area contributed by atoms with Crippen molar-refractivity contribution in [3.63, 3.8) is 0 Å². The Hall–Kier alpha value is -2.68. The summed E-state index contributed by atoms with van der Waals surface area (Å²) in [6.45, 7) is 4.16. The second kappa shape index (κ2) is 7.75. The summed E-state index contributed by atoms with van der Waals surface area (Å²) in [7, 11) is 0. The number of hydrogen-bond acceptors (Lipinski definition) is 5. The maximum atomic E-state index is 12.5. The van der Waals surface area contributed by atoms with Crippen molar-refractivity contribution in [2.45, 2.75) is 39.1 Å². The van der Waals surface area contributed by atoms with Gasteiger partial charge in [-0.05, 0) is 25.5 Å². The molecular weight excluding hydrogens is 378 g/mol. The van der Waals surface area contributed by atoms with Gasteiger partial charge in [-0.1, -0.05) is 41.9 Å². The number of amides is 1. The van der Waals surface area contributed by atoms with E-state index >= 15 is 0 Å². The molecule has 8 nitrogen and oxygen atoms in total. The summed E-state index contributed by atoms with van der Waals surface area (Å²) in [6, 6.07) is 12.0. The Balaban J connectivity index is 1.36. The summed E-state index contributed by atoms with van der Waals surface area (Å²) in [6.07, 6.45) is 2.34. The Morgan fingerprint density at radius 3 is 2.71 bits per heavy atom. The van der Waals surface area contributed by atoms with Crippen LogP contribution in [0.2, 0.25) is 5.02 Å². The van der Waals surface area contributed by atoms with Gasteiger partial charge >= 0.3 is 0 Å². The van der Waals surface area contributed by atoms with E-state index in [9.17, 15) is 4.79 Å². The summed E-state index contributed by atoms with van der Waals surface area (Å²) in [5, 5.41) is 12.4. The molecule has 2 atom stereocenters. The average Bonchev–Trinajstić information content (AvgIpc) is 3.41. The molecule has 1 amide bonds. The van der Waals surface area contributed by atoms with Crippen LogP contribution in [0, 0.1) is 13.8 Å². The molecule has 4 rings (SSSR count). The highest BCUT2D eigenvalue weighted by molar-refractivity contribution is 6.31. The minimum atomic E-state index is -0.224. The maximum Gasteiger partial charge on any atom is 0.273 e. The summed E-state index contributed by atoms with van der Waals surface area (Å²) in [4.78, 5) is 12.5. The van der Waals surface area contributed by atoms with E-state index in [0.29, 0.717) is 17.4 Å². The molecule has 1 fully saturated rings. The topological polar surface area (TPSA) is 88.8 Å². The van der Waals surface area contributed by atoms with Crippen molar-refractivity contribution >= 4 is 17.5 Å². The number of hydrogen-bond donors (Lipinski definition) is 3. The number of benzene rings is 1. The molecule has 1 aromatic carbocycles. The van der Waals surface area contributed by atoms with Crippen LogP contribution in [0.25, 0.3) is 0 Å². The number of aryl methyl sites for hydroxylation is 1. The van der Waals surface area contributed by atoms with Crippen LogP contribution in [0.4, 0.5) is 0 Å². The van der Waals surface area contributed by atoms with Crippen LogP contribution in [0.5, 0.6) is 0 Å². The van der Waals surface area contributed by atoms with Crippen LogP contribution in [0.15, 0.2) is 42.6 Å². The van der Waals surface area contributed by atoms with Crippen LogP contribution >= 0.6 is 11.6 Å². The van der Waals surface area contributed by atoms with E-state index in [1.54, 1.807) is 21.6 Å². The quantitative estimate of drug-likeness (QED) is 0.611. The molecule has 3 heterocycles. The molecule has 0 radical (unpaired) electrons. The molecule has 3 N–H and O–H groups in total. The van der Waals surface area contributed by atoms with Crippen molar-refractivity contribution < 1.29 is 4.79 Å². The molecule has 1 aliphatic heterocycles. The third-order valence-electron chi connectivity index (χ3n) is 4.86. The van der Waals surface area contributed by atoms with Crippen LogP contribution in [-0.2, 0) is 6.67 Å². The molecule has 1 saturated heterocycles. The van der Waals surface area contributed by atoms with Crippen molar-refractivity contribution in [3.05, 3.63) is 70.3 Å². The summed E-state index contributed by atoms with van der Waals surface area (Å²) >= 11 is 6.18. The lowest BCUT2D eigenvalue weighted by Gasteiger charge is -2.11. The molecular formula is C19H22ClN7O. The molecule has 1 aliphatic rings. The number of aromatic nitrogens is 4. The highest BCUT2D eigenvalue weighted by Gasteiger charge is 2.26. The number of nitrogens with zero attached hydrogens (tertiary/aromatic N) is 4. The molecule has 2 aromatic heterocycles. The summed E-state index contributed by atoms with van der Waals surface area (Å²) in [5.74, 6) is -0.224. The maximum absolute atomic E-state index is 12.5. The lowest BCUT2D eigenvalue weighted by Crippen LogP contribution is -2.44. The van der Waals surface area contributed by atoms with Crippen LogP contribution in [0.1, 0.15) is 39.9 Å². The zero-order valence-corrected chi connectivity index (χ0v) is 16.4. The predicted molar refractivity (Wildman–Crippen MR) is 106 cm³/mol. The van der Waals surface area contributed by atoms with Gasteiger partial charge in [0.05, 0.1) is 22.6 Å². The molecule has 146 valence electrons. The van der Waals surface area contributed by atoms with Crippen LogP contribution in [-0.4, -0.2) is 31.6 Å². The Labute approximate surface area is 167 Å². The second-order valence-corrected chi connectivity index (χ2v) is 7.26. The Morgan fingerprint density at radius 1 is 1.21 bits per heavy atom. The lowest BCUT2D eigenvalue weighted by molar-refractivity contribution is 0.0926. The molecule has 0 spiro atoms. The number of carbonyl (C=O) groups is 1. The normalized spacial score (nSPS) is 19.1. The third-order valence-corrected chi connectivity index (χ3v) is 5.40. The highest BCUT2D eigenvalue weighted by atomic mass is 35.5. The van der Waals surface area contributed by atoms with Gasteiger partial charge in [0.15, 0.2) is 0 Å². The number of halogens is 1. The minimum absolute atomic E-state index is 0.153. The molecule has 2 unspecified atom stereocenters. The van der Waals surface area contributed by atoms with Crippen molar-refractivity contribution in [3.8, 4) is 0 Å². The molecule has 3 aromatic rings. The van der Waals surface area contributed by atoms with Gasteiger partial charge in [0.2, 0.25) is 0 Å². The van der Waals surface area contributed by atoms with E-state index < -0.39 is 0 Å². The van der Waals surface area contributed by atoms with Crippen molar-refractivity contribution in [2.75, 3.05) is 0 Å². The number of carbonyl (C=O) groups excluding carboxylic acids is 1. The largest absolute Gasteiger partial charge is 0.334 e. The standard InChI is InChI=1S/C19H22ClN7O/c1-12-18(20)13(2)27(24-12)11-26-9-8-15(25-26)19(28)21-17-10-16(22-23-17)14-6-4-3-5-7-14/h3-9,16-17,22-23H,10-11H2,1-2H3,(H,21,28). The van der Waals surface area contributed by atoms with E-state index in [2.05, 4.69) is 38.5 Å². The first-order valence-electron chi connectivity index (χ1n) is 9.11. The second-order valence-electron chi connectivity index (χ2n) is 6.88. The smallest absolute Gasteiger partial charge is 0.273 e. The molecule has 0 aliphatic carbocycles. The van der Waals surface area contributed by atoms with E-state index in [-0.39, 0.29) is 18.1 Å². The van der Waals surface area contributed by atoms with Gasteiger partial charge in [0.25, 0.3) is 5.91 Å². The van der Waals surface area contributed by atoms with Crippen molar-refractivity contribution in [1.82, 2.24) is 35.7 Å². The molecule has 0 bridgehead atoms. The van der Waals surface area contributed by atoms with Crippen molar-refractivity contribution in [1.29, 1.82) is 0 Å². The average molecular weight is 400 g/mol. The summed E-state index contributed by atoms with van der Waals surface area (Å²) in [5.41, 5.74) is 9.52. The SMILES string of the molecule is Cc1nn(Cn2ccc(C(=O)NC3CC(c4ccccc4)NN3)n2)c(C)c1Cl. The number of hydrazine groups is 1. The molecule has 28 heavy (non-hydrogen) atoms. The zero-order chi connectivity index (χ0) is 19.7. The molecule has 0 saturated carbocycles. The molecule has 9 heteroatoms. The van der Waals surface area contributed by atoms with E-state index in [0.717, 1.165) is 17.8 Å². The van der Waals surface area contributed by atoms with Gasteiger partial charge in [-0.3, -0.25) is 9.48 Å². The highest BCUT2D eigenvalue weighted by Crippen LogP contribution is 2.21. The lowest BCUT2D eigenvalue weighted by atomic mass is 10.0. The summed E-state index contributed by atoms with van der Waals surface area (Å²) < 4.78 is 3.43. The van der Waals surface area contributed by atoms with Gasteiger partial charge in [-0.25, -0.2) is 15.5 Å². The van der Waals surface area contributed by atoms with Gasteiger partial charge in [-0.2, -0.15) is 10.2 Å². The first kappa shape index (κ1) is 18.7. The van der Waals surface area contributed by atoms with Gasteiger partial charge < -0.3 is 5.32 Å². The van der Waals surface area contributed by atoms with Crippen molar-refractivity contribution in [2.24, 2.45) is 0 Å². The van der Waals surface area contributed by atoms with E-state index in [4.69, 9.17) is 11.6 Å². The van der Waals surface area contributed by atoms with E-state index in [1.165, 1.54) is 5.56 Å². The fourth-order valence-electron chi connectivity index (χ4n) is 3.30. The number of nitrogens with one attached hydrogen (secondary N) is 3. The van der Waals surface area contributed by atoms with Gasteiger partial charge in [-0.15, -0.1) is 0 Å². The van der Waals surface area contributed by atoms with Gasteiger partial charge in [0.1, 0.15) is 12.4 Å². The first-order valence-corrected chi connectivity index (χ1v) is 9.49. The predicted octanol–water partition coefficient (Wildman–Crippen LogP) is 2.15. The Bertz CT molecular complexity index is 982. The Morgan fingerprint density at radius 2 is 2.00 bits per heavy atom. The van der Waals surface area contributed by atoms with Crippen LogP contribution < -0.4 is 16.2 Å². The van der Waals surface area contributed by atoms with E-state index in [1.807, 2.05) is 32.0 Å². The third kappa shape index (κ3) is 3.80. The Kier molecular flexibility index (Phi) is 5.17. The van der Waals surface area contributed by atoms with Crippen LogP contribution in [0.3, 0.4) is 0 Å². The number of rotatable bonds is 5.